The lowest BCUT2D eigenvalue weighted by Crippen LogP contribution is -2.34. The molecule has 0 aromatic heterocycles. The molecule has 0 aliphatic heterocycles. The first-order valence-corrected chi connectivity index (χ1v) is 14.7. The molecule has 1 aromatic carbocycles. The number of halogens is 3. The average molecular weight is 603 g/mol. The number of allylic oxidation sites excluding steroid dienone is 12. The van der Waals surface area contributed by atoms with Gasteiger partial charge in [-0.15, -0.1) is 0 Å². The van der Waals surface area contributed by atoms with Crippen molar-refractivity contribution in [2.75, 3.05) is 13.1 Å². The standard InChI is InChI=1S/C34H45F3N2O4/c1-3-4-5-6-7-8-9-10-11-12-13-14-15-16-17-18-19-20-21-22-32(41)38-25-26-39-33(42)30-24-23-29(34(35,36)37)27-31(30)43-28(2)40/h4-5,7-8,10-11,13-14,16-17,19-20,23-24,27-28,40H,3,6,9,12,15,18,21-22,25-26H2,1-2H3,(H,38,41)(H,39,42)/b5-4-,8-7-,11-10-,14-13-,17-16-,20-19-. The van der Waals surface area contributed by atoms with Gasteiger partial charge in [0.2, 0.25) is 5.91 Å². The van der Waals surface area contributed by atoms with E-state index in [1.807, 2.05) is 12.2 Å². The molecule has 3 N–H and O–H groups in total. The molecule has 43 heavy (non-hydrogen) atoms. The fraction of sp³-hybridized carbons (Fsp3) is 0.412. The van der Waals surface area contributed by atoms with Crippen LogP contribution in [0.3, 0.4) is 0 Å². The molecule has 0 heterocycles. The lowest BCUT2D eigenvalue weighted by molar-refractivity contribution is -0.137. The molecule has 0 fully saturated rings. The summed E-state index contributed by atoms with van der Waals surface area (Å²) in [4.78, 5) is 24.4. The van der Waals surface area contributed by atoms with Gasteiger partial charge in [0.1, 0.15) is 5.75 Å². The van der Waals surface area contributed by atoms with Crippen molar-refractivity contribution in [2.24, 2.45) is 0 Å². The Morgan fingerprint density at radius 3 is 1.79 bits per heavy atom. The minimum Gasteiger partial charge on any atom is -0.465 e. The molecule has 0 radical (unpaired) electrons. The minimum atomic E-state index is -4.62. The van der Waals surface area contributed by atoms with Crippen molar-refractivity contribution in [2.45, 2.75) is 77.7 Å². The van der Waals surface area contributed by atoms with Crippen molar-refractivity contribution in [1.29, 1.82) is 0 Å². The highest BCUT2D eigenvalue weighted by Crippen LogP contribution is 2.33. The first-order chi connectivity index (χ1) is 20.6. The van der Waals surface area contributed by atoms with Crippen molar-refractivity contribution < 1.29 is 32.6 Å². The minimum absolute atomic E-state index is 0.0691. The van der Waals surface area contributed by atoms with E-state index in [0.29, 0.717) is 18.9 Å². The Hall–Kier alpha value is -3.85. The van der Waals surface area contributed by atoms with Crippen LogP contribution >= 0.6 is 0 Å². The molecule has 0 bridgehead atoms. The summed E-state index contributed by atoms with van der Waals surface area (Å²) in [7, 11) is 0. The maximum atomic E-state index is 13.0. The van der Waals surface area contributed by atoms with Gasteiger partial charge in [0.25, 0.3) is 5.91 Å². The van der Waals surface area contributed by atoms with Gasteiger partial charge in [-0.05, 0) is 70.1 Å². The fourth-order valence-corrected chi connectivity index (χ4v) is 3.58. The SMILES string of the molecule is CC/C=C\C/C=C\C/C=C\C/C=C\C/C=C\C/C=C\CCC(=O)NCCNC(=O)c1ccc(C(F)(F)F)cc1OC(C)O. The fourth-order valence-electron chi connectivity index (χ4n) is 3.58. The second-order valence-electron chi connectivity index (χ2n) is 9.49. The zero-order valence-corrected chi connectivity index (χ0v) is 25.1. The Morgan fingerprint density at radius 1 is 0.814 bits per heavy atom. The summed E-state index contributed by atoms with van der Waals surface area (Å²) < 4.78 is 43.9. The third kappa shape index (κ3) is 19.1. The predicted molar refractivity (Wildman–Crippen MR) is 167 cm³/mol. The molecule has 1 rings (SSSR count). The number of aliphatic hydroxyl groups is 1. The first kappa shape index (κ1) is 37.2. The highest BCUT2D eigenvalue weighted by Gasteiger charge is 2.32. The third-order valence-electron chi connectivity index (χ3n) is 5.72. The van der Waals surface area contributed by atoms with Crippen LogP contribution in [0.15, 0.2) is 91.1 Å². The number of hydrogen-bond donors (Lipinski definition) is 3. The second-order valence-corrected chi connectivity index (χ2v) is 9.49. The predicted octanol–water partition coefficient (Wildman–Crippen LogP) is 7.75. The number of ether oxygens (including phenoxy) is 1. The van der Waals surface area contributed by atoms with E-state index in [9.17, 15) is 27.9 Å². The monoisotopic (exact) mass is 602 g/mol. The normalized spacial score (nSPS) is 13.3. The van der Waals surface area contributed by atoms with Gasteiger partial charge >= 0.3 is 6.18 Å². The zero-order chi connectivity index (χ0) is 31.8. The van der Waals surface area contributed by atoms with Gasteiger partial charge < -0.3 is 20.5 Å². The van der Waals surface area contributed by atoms with E-state index in [0.717, 1.165) is 50.7 Å². The lowest BCUT2D eigenvalue weighted by atomic mass is 10.1. The Morgan fingerprint density at radius 2 is 1.30 bits per heavy atom. The number of aliphatic hydroxyl groups excluding tert-OH is 1. The van der Waals surface area contributed by atoms with E-state index >= 15 is 0 Å². The molecule has 0 saturated carbocycles. The van der Waals surface area contributed by atoms with Crippen molar-refractivity contribution in [1.82, 2.24) is 10.6 Å². The summed E-state index contributed by atoms with van der Waals surface area (Å²) in [5, 5.41) is 14.6. The molecule has 1 aromatic rings. The Balaban J connectivity index is 2.19. The van der Waals surface area contributed by atoms with E-state index in [4.69, 9.17) is 4.74 Å². The number of benzene rings is 1. The van der Waals surface area contributed by atoms with Crippen LogP contribution in [0.5, 0.6) is 5.75 Å². The number of carbonyl (C=O) groups excluding carboxylic acids is 2. The van der Waals surface area contributed by atoms with Crippen LogP contribution in [0, 0.1) is 0 Å². The molecule has 1 atom stereocenters. The van der Waals surface area contributed by atoms with E-state index < -0.39 is 23.9 Å². The number of hydrogen-bond acceptors (Lipinski definition) is 4. The molecule has 236 valence electrons. The van der Waals surface area contributed by atoms with Crippen LogP contribution in [0.4, 0.5) is 13.2 Å². The van der Waals surface area contributed by atoms with Gasteiger partial charge in [0, 0.05) is 19.5 Å². The zero-order valence-electron chi connectivity index (χ0n) is 25.1. The van der Waals surface area contributed by atoms with Crippen LogP contribution in [0.25, 0.3) is 0 Å². The smallest absolute Gasteiger partial charge is 0.416 e. The highest BCUT2D eigenvalue weighted by atomic mass is 19.4. The maximum Gasteiger partial charge on any atom is 0.416 e. The van der Waals surface area contributed by atoms with Crippen LogP contribution in [-0.4, -0.2) is 36.3 Å². The maximum absolute atomic E-state index is 13.0. The molecule has 6 nitrogen and oxygen atoms in total. The van der Waals surface area contributed by atoms with Gasteiger partial charge in [-0.1, -0.05) is 79.8 Å². The molecule has 0 aliphatic rings. The third-order valence-corrected chi connectivity index (χ3v) is 5.72. The Labute approximate surface area is 253 Å². The van der Waals surface area contributed by atoms with Gasteiger partial charge in [0.05, 0.1) is 11.1 Å². The van der Waals surface area contributed by atoms with E-state index in [1.54, 1.807) is 0 Å². The molecular weight excluding hydrogens is 557 g/mol. The number of rotatable bonds is 20. The quantitative estimate of drug-likeness (QED) is 0.0809. The highest BCUT2D eigenvalue weighted by molar-refractivity contribution is 5.97. The molecular formula is C34H45F3N2O4. The molecule has 0 spiro atoms. The summed E-state index contributed by atoms with van der Waals surface area (Å²) in [6.07, 6.45) is 25.9. The van der Waals surface area contributed by atoms with E-state index in [-0.39, 0.29) is 30.3 Å². The average Bonchev–Trinajstić information content (AvgIpc) is 2.95. The largest absolute Gasteiger partial charge is 0.465 e. The van der Waals surface area contributed by atoms with Gasteiger partial charge in [0.15, 0.2) is 6.29 Å². The number of nitrogens with one attached hydrogen (secondary N) is 2. The van der Waals surface area contributed by atoms with Crippen molar-refractivity contribution in [3.63, 3.8) is 0 Å². The van der Waals surface area contributed by atoms with Gasteiger partial charge in [-0.2, -0.15) is 13.2 Å². The van der Waals surface area contributed by atoms with Gasteiger partial charge in [-0.25, -0.2) is 0 Å². The summed E-state index contributed by atoms with van der Waals surface area (Å²) in [6.45, 7) is 3.57. The molecule has 9 heteroatoms. The molecule has 0 saturated heterocycles. The molecule has 2 amide bonds. The lowest BCUT2D eigenvalue weighted by Gasteiger charge is -2.16. The van der Waals surface area contributed by atoms with Crippen molar-refractivity contribution in [3.8, 4) is 5.75 Å². The Kier molecular flexibility index (Phi) is 19.6. The van der Waals surface area contributed by atoms with Gasteiger partial charge in [-0.3, -0.25) is 9.59 Å². The topological polar surface area (TPSA) is 87.7 Å². The summed E-state index contributed by atoms with van der Waals surface area (Å²) in [6, 6.07) is 2.42. The van der Waals surface area contributed by atoms with Crippen LogP contribution in [-0.2, 0) is 11.0 Å². The van der Waals surface area contributed by atoms with E-state index in [1.165, 1.54) is 6.92 Å². The number of carbonyl (C=O) groups is 2. The van der Waals surface area contributed by atoms with Crippen molar-refractivity contribution >= 4 is 11.8 Å². The van der Waals surface area contributed by atoms with Crippen LogP contribution in [0.2, 0.25) is 0 Å². The Bertz CT molecular complexity index is 1130. The first-order valence-electron chi connectivity index (χ1n) is 14.7. The molecule has 1 unspecified atom stereocenters. The summed E-state index contributed by atoms with van der Waals surface area (Å²) >= 11 is 0. The van der Waals surface area contributed by atoms with Crippen LogP contribution in [0.1, 0.15) is 81.1 Å². The number of amides is 2. The van der Waals surface area contributed by atoms with Crippen LogP contribution < -0.4 is 15.4 Å². The second kappa shape index (κ2) is 22.7. The van der Waals surface area contributed by atoms with Crippen molar-refractivity contribution in [3.05, 3.63) is 102 Å². The van der Waals surface area contributed by atoms with E-state index in [2.05, 4.69) is 78.3 Å². The summed E-state index contributed by atoms with van der Waals surface area (Å²) in [5.74, 6) is -1.25. The number of alkyl halides is 3. The summed E-state index contributed by atoms with van der Waals surface area (Å²) in [5.41, 5.74) is -1.16. The molecule has 0 aliphatic carbocycles.